The fraction of sp³-hybridized carbons (Fsp3) is 0.455. The molecule has 1 rings (SSSR count). The van der Waals surface area contributed by atoms with E-state index in [-0.39, 0.29) is 4.90 Å². The van der Waals surface area contributed by atoms with Gasteiger partial charge in [0.2, 0.25) is 10.0 Å². The number of alkyl halides is 1. The minimum absolute atomic E-state index is 0.245. The largest absolute Gasteiger partial charge is 0.241 e. The maximum atomic E-state index is 12.0. The SMILES string of the molecule is O=S(=O)(NCCCCCCl)c1cc(Br)ccc1Br. The van der Waals surface area contributed by atoms with Crippen LogP contribution in [0.3, 0.4) is 0 Å². The summed E-state index contributed by atoms with van der Waals surface area (Å²) in [5.74, 6) is 0.615. The molecule has 18 heavy (non-hydrogen) atoms. The molecule has 0 unspecified atom stereocenters. The van der Waals surface area contributed by atoms with Crippen LogP contribution in [0.15, 0.2) is 32.0 Å². The summed E-state index contributed by atoms with van der Waals surface area (Å²) in [5, 5.41) is 0. The summed E-state index contributed by atoms with van der Waals surface area (Å²) in [6.07, 6.45) is 2.62. The quantitative estimate of drug-likeness (QED) is 0.538. The molecule has 0 aliphatic carbocycles. The summed E-state index contributed by atoms with van der Waals surface area (Å²) in [5.41, 5.74) is 0. The standard InChI is InChI=1S/C11H14Br2ClNO2S/c12-9-4-5-10(13)11(8-9)18(16,17)15-7-3-1-2-6-14/h4-5,8,15H,1-3,6-7H2. The topological polar surface area (TPSA) is 46.2 Å². The van der Waals surface area contributed by atoms with E-state index in [1.54, 1.807) is 18.2 Å². The molecular weight excluding hydrogens is 405 g/mol. The molecule has 0 saturated carbocycles. The molecule has 0 aliphatic heterocycles. The molecule has 1 aromatic rings. The van der Waals surface area contributed by atoms with Crippen LogP contribution in [0.5, 0.6) is 0 Å². The van der Waals surface area contributed by atoms with Crippen molar-refractivity contribution in [3.8, 4) is 0 Å². The highest BCUT2D eigenvalue weighted by molar-refractivity contribution is 9.11. The third-order valence-electron chi connectivity index (χ3n) is 2.29. The first-order chi connectivity index (χ1) is 8.47. The van der Waals surface area contributed by atoms with E-state index in [0.29, 0.717) is 16.9 Å². The van der Waals surface area contributed by atoms with Crippen LogP contribution in [0, 0.1) is 0 Å². The van der Waals surface area contributed by atoms with Crippen molar-refractivity contribution in [3.63, 3.8) is 0 Å². The lowest BCUT2D eigenvalue weighted by Crippen LogP contribution is -2.25. The molecule has 0 fully saturated rings. The fourth-order valence-corrected chi connectivity index (χ4v) is 4.13. The lowest BCUT2D eigenvalue weighted by molar-refractivity contribution is 0.575. The minimum atomic E-state index is -3.46. The van der Waals surface area contributed by atoms with Crippen molar-refractivity contribution in [2.75, 3.05) is 12.4 Å². The van der Waals surface area contributed by atoms with E-state index in [4.69, 9.17) is 11.6 Å². The van der Waals surface area contributed by atoms with Gasteiger partial charge in [0.25, 0.3) is 0 Å². The molecule has 102 valence electrons. The Morgan fingerprint density at radius 1 is 1.17 bits per heavy atom. The number of nitrogens with one attached hydrogen (secondary N) is 1. The summed E-state index contributed by atoms with van der Waals surface area (Å²) in [7, 11) is -3.46. The monoisotopic (exact) mass is 417 g/mol. The number of hydrogen-bond acceptors (Lipinski definition) is 2. The molecule has 0 radical (unpaired) electrons. The van der Waals surface area contributed by atoms with Crippen molar-refractivity contribution in [1.29, 1.82) is 0 Å². The van der Waals surface area contributed by atoms with Crippen LogP contribution in [0.1, 0.15) is 19.3 Å². The van der Waals surface area contributed by atoms with Gasteiger partial charge in [0.05, 0.1) is 4.90 Å². The van der Waals surface area contributed by atoms with Crippen LogP contribution < -0.4 is 4.72 Å². The van der Waals surface area contributed by atoms with E-state index >= 15 is 0 Å². The highest BCUT2D eigenvalue weighted by atomic mass is 79.9. The predicted octanol–water partition coefficient (Wildman–Crippen LogP) is 3.90. The zero-order valence-electron chi connectivity index (χ0n) is 9.63. The fourth-order valence-electron chi connectivity index (χ4n) is 1.36. The summed E-state index contributed by atoms with van der Waals surface area (Å²) in [6, 6.07) is 5.06. The van der Waals surface area contributed by atoms with Crippen LogP contribution in [0.2, 0.25) is 0 Å². The maximum absolute atomic E-state index is 12.0. The molecule has 0 amide bonds. The van der Waals surface area contributed by atoms with Crippen molar-refractivity contribution < 1.29 is 8.42 Å². The first kappa shape index (κ1) is 16.4. The predicted molar refractivity (Wildman–Crippen MR) is 81.6 cm³/mol. The average molecular weight is 420 g/mol. The second-order valence-corrected chi connectivity index (χ2v) is 7.61. The first-order valence-corrected chi connectivity index (χ1v) is 9.08. The zero-order chi connectivity index (χ0) is 13.6. The lowest BCUT2D eigenvalue weighted by atomic mass is 10.2. The summed E-state index contributed by atoms with van der Waals surface area (Å²) < 4.78 is 28.0. The second kappa shape index (κ2) is 7.85. The number of halogens is 3. The van der Waals surface area contributed by atoms with Gasteiger partial charge in [-0.25, -0.2) is 13.1 Å². The van der Waals surface area contributed by atoms with E-state index in [2.05, 4.69) is 36.6 Å². The molecule has 1 aromatic carbocycles. The Bertz CT molecular complexity index is 494. The van der Waals surface area contributed by atoms with E-state index in [1.165, 1.54) is 0 Å². The third kappa shape index (κ3) is 5.17. The Labute approximate surface area is 130 Å². The molecule has 0 aromatic heterocycles. The van der Waals surface area contributed by atoms with Gasteiger partial charge in [0, 0.05) is 21.4 Å². The van der Waals surface area contributed by atoms with Gasteiger partial charge in [0.1, 0.15) is 0 Å². The average Bonchev–Trinajstić information content (AvgIpc) is 2.32. The Morgan fingerprint density at radius 2 is 1.89 bits per heavy atom. The van der Waals surface area contributed by atoms with Crippen molar-refractivity contribution in [2.45, 2.75) is 24.2 Å². The van der Waals surface area contributed by atoms with Gasteiger partial charge in [-0.15, -0.1) is 11.6 Å². The molecule has 0 aliphatic rings. The summed E-state index contributed by atoms with van der Waals surface area (Å²) in [6.45, 7) is 0.429. The van der Waals surface area contributed by atoms with E-state index in [1.807, 2.05) is 0 Å². The first-order valence-electron chi connectivity index (χ1n) is 5.48. The smallest absolute Gasteiger partial charge is 0.211 e. The van der Waals surface area contributed by atoms with Gasteiger partial charge >= 0.3 is 0 Å². The Kier molecular flexibility index (Phi) is 7.16. The molecule has 3 nitrogen and oxygen atoms in total. The van der Waals surface area contributed by atoms with E-state index in [0.717, 1.165) is 23.7 Å². The zero-order valence-corrected chi connectivity index (χ0v) is 14.4. The molecule has 1 N–H and O–H groups in total. The van der Waals surface area contributed by atoms with Gasteiger partial charge in [-0.3, -0.25) is 0 Å². The van der Waals surface area contributed by atoms with E-state index in [9.17, 15) is 8.42 Å². The van der Waals surface area contributed by atoms with Crippen LogP contribution in [0.25, 0.3) is 0 Å². The van der Waals surface area contributed by atoms with Gasteiger partial charge in [-0.2, -0.15) is 0 Å². The summed E-state index contributed by atoms with van der Waals surface area (Å²) in [4.78, 5) is 0.245. The number of hydrogen-bond donors (Lipinski definition) is 1. The highest BCUT2D eigenvalue weighted by Gasteiger charge is 2.17. The molecule has 0 spiro atoms. The van der Waals surface area contributed by atoms with Crippen molar-refractivity contribution in [1.82, 2.24) is 4.72 Å². The molecule has 0 heterocycles. The molecule has 0 bridgehead atoms. The normalized spacial score (nSPS) is 11.7. The van der Waals surface area contributed by atoms with Crippen molar-refractivity contribution in [2.24, 2.45) is 0 Å². The molecule has 7 heteroatoms. The Balaban J connectivity index is 2.66. The Morgan fingerprint density at radius 3 is 2.56 bits per heavy atom. The second-order valence-electron chi connectivity index (χ2n) is 3.72. The van der Waals surface area contributed by atoms with Crippen LogP contribution in [-0.2, 0) is 10.0 Å². The number of unbranched alkanes of at least 4 members (excludes halogenated alkanes) is 2. The molecular formula is C11H14Br2ClNO2S. The number of benzene rings is 1. The third-order valence-corrected chi connectivity index (χ3v) is 5.50. The number of rotatable bonds is 7. The number of sulfonamides is 1. The Hall–Kier alpha value is 0.380. The van der Waals surface area contributed by atoms with Crippen LogP contribution in [0.4, 0.5) is 0 Å². The molecule has 0 atom stereocenters. The van der Waals surface area contributed by atoms with Gasteiger partial charge in [-0.1, -0.05) is 22.4 Å². The van der Waals surface area contributed by atoms with Gasteiger partial charge < -0.3 is 0 Å². The molecule has 0 saturated heterocycles. The van der Waals surface area contributed by atoms with Crippen molar-refractivity contribution >= 4 is 53.5 Å². The maximum Gasteiger partial charge on any atom is 0.241 e. The lowest BCUT2D eigenvalue weighted by Gasteiger charge is -2.08. The minimum Gasteiger partial charge on any atom is -0.211 e. The summed E-state index contributed by atoms with van der Waals surface area (Å²) >= 11 is 12.1. The van der Waals surface area contributed by atoms with E-state index < -0.39 is 10.0 Å². The van der Waals surface area contributed by atoms with Crippen LogP contribution >= 0.6 is 43.5 Å². The highest BCUT2D eigenvalue weighted by Crippen LogP contribution is 2.25. The van der Waals surface area contributed by atoms with Gasteiger partial charge in [0.15, 0.2) is 0 Å². The van der Waals surface area contributed by atoms with Gasteiger partial charge in [-0.05, 0) is 47.0 Å². The van der Waals surface area contributed by atoms with Crippen molar-refractivity contribution in [3.05, 3.63) is 27.1 Å². The van der Waals surface area contributed by atoms with Crippen LogP contribution in [-0.4, -0.2) is 20.8 Å².